The van der Waals surface area contributed by atoms with Gasteiger partial charge in [0.25, 0.3) is 5.91 Å². The maximum atomic E-state index is 12.7. The molecule has 0 saturated carbocycles. The lowest BCUT2D eigenvalue weighted by molar-refractivity contribution is 0.0141. The zero-order chi connectivity index (χ0) is 16.2. The van der Waals surface area contributed by atoms with Gasteiger partial charge in [-0.05, 0) is 36.6 Å². The molecule has 2 aromatic rings. The van der Waals surface area contributed by atoms with Crippen molar-refractivity contribution in [2.45, 2.75) is 12.5 Å². The molecule has 0 aliphatic carbocycles. The first-order valence-electron chi connectivity index (χ1n) is 7.77. The van der Waals surface area contributed by atoms with Crippen LogP contribution in [-0.2, 0) is 10.0 Å². The summed E-state index contributed by atoms with van der Waals surface area (Å²) in [6.07, 6.45) is 3.96. The Morgan fingerprint density at radius 2 is 2.09 bits per heavy atom. The fourth-order valence-corrected chi connectivity index (χ4v) is 4.88. The van der Waals surface area contributed by atoms with Crippen molar-refractivity contribution in [2.24, 2.45) is 5.92 Å². The predicted octanol–water partition coefficient (Wildman–Crippen LogP) is 1.27. The van der Waals surface area contributed by atoms with Crippen LogP contribution in [0, 0.1) is 5.92 Å². The molecule has 2 aliphatic rings. The van der Waals surface area contributed by atoms with Gasteiger partial charge in [0.2, 0.25) is 10.0 Å². The number of hydrogen-bond donors (Lipinski definition) is 1. The first-order valence-corrected chi connectivity index (χ1v) is 9.61. The highest BCUT2D eigenvalue weighted by Gasteiger charge is 2.47. The average Bonchev–Trinajstić information content (AvgIpc) is 2.93. The van der Waals surface area contributed by atoms with Gasteiger partial charge in [-0.25, -0.2) is 8.42 Å². The highest BCUT2D eigenvalue weighted by molar-refractivity contribution is 7.88. The zero-order valence-electron chi connectivity index (χ0n) is 12.9. The largest absolute Gasteiger partial charge is 0.361 e. The molecule has 0 unspecified atom stereocenters. The Morgan fingerprint density at radius 1 is 1.26 bits per heavy atom. The second-order valence-electron chi connectivity index (χ2n) is 6.48. The van der Waals surface area contributed by atoms with Crippen molar-refractivity contribution >= 4 is 26.8 Å². The summed E-state index contributed by atoms with van der Waals surface area (Å²) in [6, 6.07) is 7.49. The maximum Gasteiger partial charge on any atom is 0.253 e. The lowest BCUT2D eigenvalue weighted by atomic mass is 9.84. The SMILES string of the molecule is CS(=O)(=O)N1C[C@H]2CCN(C(=O)c3ccc4[nH]ccc4c3)C[C@H]21. The number of rotatable bonds is 2. The summed E-state index contributed by atoms with van der Waals surface area (Å²) >= 11 is 0. The second-order valence-corrected chi connectivity index (χ2v) is 8.41. The molecular formula is C16H19N3O3S. The van der Waals surface area contributed by atoms with Crippen molar-refractivity contribution in [3.63, 3.8) is 0 Å². The number of carbonyl (C=O) groups excluding carboxylic acids is 1. The molecule has 2 atom stereocenters. The quantitative estimate of drug-likeness (QED) is 0.899. The third kappa shape index (κ3) is 2.44. The second kappa shape index (κ2) is 5.07. The van der Waals surface area contributed by atoms with E-state index in [1.54, 1.807) is 4.90 Å². The Bertz CT molecular complexity index is 874. The molecule has 0 bridgehead atoms. The van der Waals surface area contributed by atoms with Crippen LogP contribution in [0.25, 0.3) is 10.9 Å². The molecule has 2 saturated heterocycles. The van der Waals surface area contributed by atoms with E-state index in [9.17, 15) is 13.2 Å². The number of benzene rings is 1. The first-order chi connectivity index (χ1) is 10.9. The van der Waals surface area contributed by atoms with Gasteiger partial charge in [-0.1, -0.05) is 0 Å². The number of hydrogen-bond acceptors (Lipinski definition) is 3. The molecule has 0 radical (unpaired) electrons. The van der Waals surface area contributed by atoms with E-state index in [1.165, 1.54) is 10.6 Å². The summed E-state index contributed by atoms with van der Waals surface area (Å²) in [5.74, 6) is 0.368. The molecule has 7 heteroatoms. The predicted molar refractivity (Wildman–Crippen MR) is 87.6 cm³/mol. The van der Waals surface area contributed by atoms with Crippen molar-refractivity contribution < 1.29 is 13.2 Å². The number of fused-ring (bicyclic) bond motifs is 2. The van der Waals surface area contributed by atoms with Crippen molar-refractivity contribution in [1.82, 2.24) is 14.2 Å². The molecule has 1 N–H and O–H groups in total. The average molecular weight is 333 g/mol. The molecule has 2 aliphatic heterocycles. The normalized spacial score (nSPS) is 25.2. The lowest BCUT2D eigenvalue weighted by Gasteiger charge is -2.51. The fraction of sp³-hybridized carbons (Fsp3) is 0.438. The van der Waals surface area contributed by atoms with Crippen LogP contribution < -0.4 is 0 Å². The Kier molecular flexibility index (Phi) is 3.24. The zero-order valence-corrected chi connectivity index (χ0v) is 13.7. The van der Waals surface area contributed by atoms with Crippen molar-refractivity contribution in [2.75, 3.05) is 25.9 Å². The molecule has 122 valence electrons. The Balaban J connectivity index is 1.54. The summed E-state index contributed by atoms with van der Waals surface area (Å²) in [5, 5.41) is 1.01. The topological polar surface area (TPSA) is 73.5 Å². The van der Waals surface area contributed by atoms with Gasteiger partial charge in [0.15, 0.2) is 0 Å². The fourth-order valence-electron chi connectivity index (χ4n) is 3.68. The van der Waals surface area contributed by atoms with E-state index in [2.05, 4.69) is 4.98 Å². The summed E-state index contributed by atoms with van der Waals surface area (Å²) in [6.45, 7) is 1.78. The highest BCUT2D eigenvalue weighted by Crippen LogP contribution is 2.34. The third-order valence-electron chi connectivity index (χ3n) is 5.02. The highest BCUT2D eigenvalue weighted by atomic mass is 32.2. The van der Waals surface area contributed by atoms with Crippen molar-refractivity contribution in [1.29, 1.82) is 0 Å². The molecule has 2 fully saturated rings. The number of carbonyl (C=O) groups is 1. The van der Waals surface area contributed by atoms with Gasteiger partial charge in [0.1, 0.15) is 0 Å². The molecular weight excluding hydrogens is 314 g/mol. The molecule has 4 rings (SSSR count). The van der Waals surface area contributed by atoms with Gasteiger partial charge in [0.05, 0.1) is 6.26 Å². The van der Waals surface area contributed by atoms with Crippen LogP contribution in [-0.4, -0.2) is 60.4 Å². The number of sulfonamides is 1. The maximum absolute atomic E-state index is 12.7. The van der Waals surface area contributed by atoms with E-state index in [4.69, 9.17) is 0 Å². The molecule has 1 aromatic heterocycles. The summed E-state index contributed by atoms with van der Waals surface area (Å²) in [4.78, 5) is 17.6. The Hall–Kier alpha value is -1.86. The van der Waals surface area contributed by atoms with Crippen LogP contribution in [0.5, 0.6) is 0 Å². The molecule has 1 amide bonds. The first kappa shape index (κ1) is 14.7. The van der Waals surface area contributed by atoms with E-state index < -0.39 is 10.0 Å². The number of piperidine rings is 1. The molecule has 3 heterocycles. The smallest absolute Gasteiger partial charge is 0.253 e. The molecule has 1 aromatic carbocycles. The van der Waals surface area contributed by atoms with Crippen LogP contribution in [0.2, 0.25) is 0 Å². The standard InChI is InChI=1S/C16H19N3O3S/c1-23(21,22)19-9-13-5-7-18(10-15(13)19)16(20)12-2-3-14-11(8-12)4-6-17-14/h2-4,6,8,13,15,17H,5,7,9-10H2,1H3/t13-,15-/m1/s1. The number of aromatic nitrogens is 1. The van der Waals surface area contributed by atoms with E-state index >= 15 is 0 Å². The Labute approximate surface area is 135 Å². The molecule has 6 nitrogen and oxygen atoms in total. The minimum atomic E-state index is -3.18. The van der Waals surface area contributed by atoms with Gasteiger partial charge >= 0.3 is 0 Å². The van der Waals surface area contributed by atoms with Crippen LogP contribution in [0.15, 0.2) is 30.5 Å². The van der Waals surface area contributed by atoms with E-state index in [0.717, 1.165) is 17.3 Å². The summed E-state index contributed by atoms with van der Waals surface area (Å²) in [7, 11) is -3.18. The van der Waals surface area contributed by atoms with Crippen LogP contribution in [0.1, 0.15) is 16.8 Å². The molecule has 0 spiro atoms. The number of H-pyrrole nitrogens is 1. The summed E-state index contributed by atoms with van der Waals surface area (Å²) < 4.78 is 25.0. The van der Waals surface area contributed by atoms with Gasteiger partial charge < -0.3 is 9.88 Å². The number of aromatic amines is 1. The number of nitrogens with zero attached hydrogens (tertiary/aromatic N) is 2. The number of likely N-dealkylation sites (tertiary alicyclic amines) is 1. The van der Waals surface area contributed by atoms with E-state index in [1.807, 2.05) is 30.5 Å². The van der Waals surface area contributed by atoms with Crippen LogP contribution >= 0.6 is 0 Å². The van der Waals surface area contributed by atoms with Crippen LogP contribution in [0.3, 0.4) is 0 Å². The van der Waals surface area contributed by atoms with Crippen molar-refractivity contribution in [3.8, 4) is 0 Å². The van der Waals surface area contributed by atoms with E-state index in [-0.39, 0.29) is 11.9 Å². The van der Waals surface area contributed by atoms with Crippen LogP contribution in [0.4, 0.5) is 0 Å². The van der Waals surface area contributed by atoms with Gasteiger partial charge in [-0.15, -0.1) is 0 Å². The minimum Gasteiger partial charge on any atom is -0.361 e. The third-order valence-corrected chi connectivity index (χ3v) is 6.29. The Morgan fingerprint density at radius 3 is 2.87 bits per heavy atom. The number of nitrogens with one attached hydrogen (secondary N) is 1. The lowest BCUT2D eigenvalue weighted by Crippen LogP contribution is -2.65. The van der Waals surface area contributed by atoms with Crippen molar-refractivity contribution in [3.05, 3.63) is 36.0 Å². The van der Waals surface area contributed by atoms with Gasteiger partial charge in [-0.3, -0.25) is 4.79 Å². The monoisotopic (exact) mass is 333 g/mol. The van der Waals surface area contributed by atoms with Gasteiger partial charge in [0, 0.05) is 48.3 Å². The summed E-state index contributed by atoms with van der Waals surface area (Å²) in [5.41, 5.74) is 1.66. The molecule has 23 heavy (non-hydrogen) atoms. The number of amides is 1. The van der Waals surface area contributed by atoms with Gasteiger partial charge in [-0.2, -0.15) is 4.31 Å². The van der Waals surface area contributed by atoms with E-state index in [0.29, 0.717) is 31.1 Å². The minimum absolute atomic E-state index is 0.0214.